The van der Waals surface area contributed by atoms with Gasteiger partial charge in [0.05, 0.1) is 6.42 Å². The standard InChI is InChI=1S/C12H18N2O/c1-8-6-11(13)9(2)5-10(8)7-12(15)14(3)4/h5-6H,7,13H2,1-4H3. The highest BCUT2D eigenvalue weighted by Gasteiger charge is 2.09. The third-order valence-electron chi connectivity index (χ3n) is 2.57. The molecule has 3 nitrogen and oxygen atoms in total. The Morgan fingerprint density at radius 3 is 2.40 bits per heavy atom. The monoisotopic (exact) mass is 206 g/mol. The molecule has 1 rings (SSSR count). The van der Waals surface area contributed by atoms with Crippen molar-refractivity contribution in [3.05, 3.63) is 28.8 Å². The third kappa shape index (κ3) is 2.72. The van der Waals surface area contributed by atoms with Crippen molar-refractivity contribution >= 4 is 11.6 Å². The summed E-state index contributed by atoms with van der Waals surface area (Å²) in [6, 6.07) is 3.92. The van der Waals surface area contributed by atoms with Crippen molar-refractivity contribution in [2.45, 2.75) is 20.3 Å². The minimum absolute atomic E-state index is 0.113. The molecule has 0 bridgehead atoms. The van der Waals surface area contributed by atoms with Crippen LogP contribution >= 0.6 is 0 Å². The maximum Gasteiger partial charge on any atom is 0.226 e. The van der Waals surface area contributed by atoms with Crippen molar-refractivity contribution in [3.8, 4) is 0 Å². The van der Waals surface area contributed by atoms with Crippen LogP contribution in [0.15, 0.2) is 12.1 Å². The van der Waals surface area contributed by atoms with E-state index in [9.17, 15) is 4.79 Å². The molecule has 1 aromatic carbocycles. The summed E-state index contributed by atoms with van der Waals surface area (Å²) in [6.45, 7) is 3.94. The molecule has 0 saturated carbocycles. The number of rotatable bonds is 2. The van der Waals surface area contributed by atoms with Crippen LogP contribution in [0.4, 0.5) is 5.69 Å². The molecule has 0 atom stereocenters. The lowest BCUT2D eigenvalue weighted by molar-refractivity contribution is -0.127. The van der Waals surface area contributed by atoms with Gasteiger partial charge >= 0.3 is 0 Å². The Hall–Kier alpha value is -1.51. The van der Waals surface area contributed by atoms with Crippen LogP contribution in [-0.2, 0) is 11.2 Å². The van der Waals surface area contributed by atoms with Gasteiger partial charge < -0.3 is 10.6 Å². The third-order valence-corrected chi connectivity index (χ3v) is 2.57. The van der Waals surface area contributed by atoms with Crippen LogP contribution in [0.1, 0.15) is 16.7 Å². The normalized spacial score (nSPS) is 10.1. The summed E-state index contributed by atoms with van der Waals surface area (Å²) < 4.78 is 0. The van der Waals surface area contributed by atoms with E-state index in [0.717, 1.165) is 22.4 Å². The van der Waals surface area contributed by atoms with Gasteiger partial charge in [0.2, 0.25) is 5.91 Å². The van der Waals surface area contributed by atoms with Crippen LogP contribution in [0.3, 0.4) is 0 Å². The van der Waals surface area contributed by atoms with Crippen LogP contribution in [0.5, 0.6) is 0 Å². The topological polar surface area (TPSA) is 46.3 Å². The van der Waals surface area contributed by atoms with Gasteiger partial charge in [0, 0.05) is 19.8 Å². The molecule has 0 aliphatic rings. The number of nitrogen functional groups attached to an aromatic ring is 1. The molecule has 1 aromatic rings. The number of nitrogens with two attached hydrogens (primary N) is 1. The molecule has 0 radical (unpaired) electrons. The van der Waals surface area contributed by atoms with E-state index in [4.69, 9.17) is 5.73 Å². The van der Waals surface area contributed by atoms with Gasteiger partial charge in [-0.25, -0.2) is 0 Å². The van der Waals surface area contributed by atoms with Crippen LogP contribution in [0, 0.1) is 13.8 Å². The molecular formula is C12H18N2O. The second-order valence-corrected chi connectivity index (χ2v) is 4.10. The SMILES string of the molecule is Cc1cc(CC(=O)N(C)C)c(C)cc1N. The van der Waals surface area contributed by atoms with Crippen LogP contribution < -0.4 is 5.73 Å². The molecule has 0 fully saturated rings. The van der Waals surface area contributed by atoms with Gasteiger partial charge in [0.15, 0.2) is 0 Å². The predicted molar refractivity (Wildman–Crippen MR) is 62.7 cm³/mol. The number of benzene rings is 1. The highest BCUT2D eigenvalue weighted by molar-refractivity contribution is 5.79. The number of hydrogen-bond donors (Lipinski definition) is 1. The Morgan fingerprint density at radius 1 is 1.27 bits per heavy atom. The Balaban J connectivity index is 2.96. The lowest BCUT2D eigenvalue weighted by Gasteiger charge is -2.13. The van der Waals surface area contributed by atoms with Gasteiger partial charge in [-0.1, -0.05) is 6.07 Å². The van der Waals surface area contributed by atoms with E-state index in [2.05, 4.69) is 0 Å². The van der Waals surface area contributed by atoms with Gasteiger partial charge in [0.1, 0.15) is 0 Å². The summed E-state index contributed by atoms with van der Waals surface area (Å²) in [5.41, 5.74) is 9.73. The zero-order valence-electron chi connectivity index (χ0n) is 9.79. The van der Waals surface area contributed by atoms with Crippen LogP contribution in [0.2, 0.25) is 0 Å². The first-order valence-corrected chi connectivity index (χ1v) is 4.97. The van der Waals surface area contributed by atoms with E-state index in [1.165, 1.54) is 0 Å². The number of aryl methyl sites for hydroxylation is 2. The summed E-state index contributed by atoms with van der Waals surface area (Å²) >= 11 is 0. The molecule has 0 unspecified atom stereocenters. The van der Waals surface area contributed by atoms with Gasteiger partial charge in [-0.3, -0.25) is 4.79 Å². The van der Waals surface area contributed by atoms with E-state index in [1.807, 2.05) is 26.0 Å². The quantitative estimate of drug-likeness (QED) is 0.746. The lowest BCUT2D eigenvalue weighted by Crippen LogP contribution is -2.23. The van der Waals surface area contributed by atoms with E-state index < -0.39 is 0 Å². The molecule has 0 aromatic heterocycles. The van der Waals surface area contributed by atoms with E-state index >= 15 is 0 Å². The molecule has 0 aliphatic heterocycles. The van der Waals surface area contributed by atoms with E-state index in [0.29, 0.717) is 6.42 Å². The van der Waals surface area contributed by atoms with Gasteiger partial charge in [0.25, 0.3) is 0 Å². The van der Waals surface area contributed by atoms with Gasteiger partial charge in [-0.2, -0.15) is 0 Å². The summed E-state index contributed by atoms with van der Waals surface area (Å²) in [5, 5.41) is 0. The largest absolute Gasteiger partial charge is 0.399 e. The molecule has 0 spiro atoms. The van der Waals surface area contributed by atoms with Crippen molar-refractivity contribution in [3.63, 3.8) is 0 Å². The van der Waals surface area contributed by atoms with Gasteiger partial charge in [-0.15, -0.1) is 0 Å². The maximum atomic E-state index is 11.6. The number of carbonyl (C=O) groups is 1. The first-order chi connectivity index (χ1) is 6.91. The number of carbonyl (C=O) groups excluding carboxylic acids is 1. The fraction of sp³-hybridized carbons (Fsp3) is 0.417. The number of nitrogens with zero attached hydrogens (tertiary/aromatic N) is 1. The highest BCUT2D eigenvalue weighted by Crippen LogP contribution is 2.18. The number of amides is 1. The molecule has 0 heterocycles. The summed E-state index contributed by atoms with van der Waals surface area (Å²) in [6.07, 6.45) is 0.444. The molecule has 0 saturated heterocycles. The summed E-state index contributed by atoms with van der Waals surface area (Å²) in [7, 11) is 3.53. The Bertz CT molecular complexity index is 383. The first kappa shape index (κ1) is 11.6. The molecule has 15 heavy (non-hydrogen) atoms. The van der Waals surface area contributed by atoms with Crippen molar-refractivity contribution < 1.29 is 4.79 Å². The minimum Gasteiger partial charge on any atom is -0.399 e. The predicted octanol–water partition coefficient (Wildman–Crippen LogP) is 1.52. The second kappa shape index (κ2) is 4.34. The van der Waals surface area contributed by atoms with Gasteiger partial charge in [-0.05, 0) is 36.6 Å². The Kier molecular flexibility index (Phi) is 3.35. The number of likely N-dealkylation sites (N-methyl/N-ethyl adjacent to an activating group) is 1. The lowest BCUT2D eigenvalue weighted by atomic mass is 10.0. The summed E-state index contributed by atoms with van der Waals surface area (Å²) in [5.74, 6) is 0.113. The number of hydrogen-bond acceptors (Lipinski definition) is 2. The Labute approximate surface area is 90.9 Å². The summed E-state index contributed by atoms with van der Waals surface area (Å²) in [4.78, 5) is 13.2. The van der Waals surface area contributed by atoms with Crippen LogP contribution in [-0.4, -0.2) is 24.9 Å². The fourth-order valence-electron chi connectivity index (χ4n) is 1.41. The zero-order valence-corrected chi connectivity index (χ0v) is 9.79. The smallest absolute Gasteiger partial charge is 0.226 e. The van der Waals surface area contributed by atoms with Crippen LogP contribution in [0.25, 0.3) is 0 Å². The first-order valence-electron chi connectivity index (χ1n) is 4.97. The zero-order chi connectivity index (χ0) is 11.6. The molecule has 0 aliphatic carbocycles. The second-order valence-electron chi connectivity index (χ2n) is 4.10. The molecular weight excluding hydrogens is 188 g/mol. The number of anilines is 1. The molecule has 1 amide bonds. The highest BCUT2D eigenvalue weighted by atomic mass is 16.2. The van der Waals surface area contributed by atoms with Crippen molar-refractivity contribution in [1.82, 2.24) is 4.90 Å². The molecule has 3 heteroatoms. The van der Waals surface area contributed by atoms with Crippen molar-refractivity contribution in [2.75, 3.05) is 19.8 Å². The van der Waals surface area contributed by atoms with Crippen molar-refractivity contribution in [2.24, 2.45) is 0 Å². The average molecular weight is 206 g/mol. The fourth-order valence-corrected chi connectivity index (χ4v) is 1.41. The molecule has 2 N–H and O–H groups in total. The maximum absolute atomic E-state index is 11.6. The van der Waals surface area contributed by atoms with Crippen molar-refractivity contribution in [1.29, 1.82) is 0 Å². The Morgan fingerprint density at radius 2 is 1.87 bits per heavy atom. The minimum atomic E-state index is 0.113. The van der Waals surface area contributed by atoms with E-state index in [-0.39, 0.29) is 5.91 Å². The van der Waals surface area contributed by atoms with E-state index in [1.54, 1.807) is 19.0 Å². The molecule has 82 valence electrons. The average Bonchev–Trinajstić information content (AvgIpc) is 2.13.